The highest BCUT2D eigenvalue weighted by molar-refractivity contribution is 8.08. The fourth-order valence-corrected chi connectivity index (χ4v) is 0. The largest absolute Gasteiger partial charge is 0.258 e. The molecule has 0 saturated carbocycles. The average molecular weight is 125 g/mol. The van der Waals surface area contributed by atoms with E-state index in [9.17, 15) is 0 Å². The highest BCUT2D eigenvalue weighted by atomic mass is 32.1. The van der Waals surface area contributed by atoms with Crippen molar-refractivity contribution in [2.75, 3.05) is 0 Å². The van der Waals surface area contributed by atoms with Crippen LogP contribution in [-0.4, -0.2) is 4.70 Å². The molecule has 0 aliphatic rings. The van der Waals surface area contributed by atoms with Gasteiger partial charge in [0.2, 0.25) is 0 Å². The highest BCUT2D eigenvalue weighted by Gasteiger charge is 1.19. The molecule has 0 saturated heterocycles. The van der Waals surface area contributed by atoms with Gasteiger partial charge in [0.15, 0.2) is 0 Å². The minimum atomic E-state index is 1.28. The fraction of sp³-hybridized carbons (Fsp3) is 0. The van der Waals surface area contributed by atoms with Crippen LogP contribution in [0, 0.1) is 0 Å². The Morgan fingerprint density at radius 2 is 1.67 bits per heavy atom. The number of nitrogens with one attached hydrogen (secondary N) is 1. The van der Waals surface area contributed by atoms with Gasteiger partial charge in [0.05, 0.1) is 0 Å². The van der Waals surface area contributed by atoms with Crippen LogP contribution in [0.2, 0.25) is 0 Å². The highest BCUT2D eigenvalue weighted by Crippen LogP contribution is 1.50. The van der Waals surface area contributed by atoms with E-state index < -0.39 is 0 Å². The van der Waals surface area contributed by atoms with E-state index in [0.717, 1.165) is 0 Å². The van der Waals surface area contributed by atoms with Gasteiger partial charge in [-0.2, -0.15) is 5.53 Å². The Morgan fingerprint density at radius 3 is 1.67 bits per heavy atom. The van der Waals surface area contributed by atoms with Crippen LogP contribution in [0.1, 0.15) is 0 Å². The Labute approximate surface area is 47.4 Å². The maximum Gasteiger partial charge on any atom is 0.0310 e. The standard InChI is InChI=1S/CH2S2.H5N3/c2-1-3;1-3-2/h1H,(H,2,3);3H,1-2H2. The molecule has 0 aromatic carbocycles. The maximum atomic E-state index is 4.38. The molecule has 38 valence electrons. The third-order valence-corrected chi connectivity index (χ3v) is 0. The Morgan fingerprint density at radius 1 is 1.67 bits per heavy atom. The molecule has 6 heavy (non-hydrogen) atoms. The Bertz CT molecular complexity index is 22.8. The van der Waals surface area contributed by atoms with Crippen LogP contribution in [0.3, 0.4) is 0 Å². The molecule has 3 nitrogen and oxygen atoms in total. The predicted molar refractivity (Wildman–Crippen MR) is 34.2 cm³/mol. The van der Waals surface area contributed by atoms with E-state index in [1.165, 1.54) is 4.70 Å². The molecule has 0 aromatic heterocycles. The number of hydrogen-bond donors (Lipinski definition) is 4. The number of hydrazine groups is 2. The lowest BCUT2D eigenvalue weighted by molar-refractivity contribution is 0.803. The van der Waals surface area contributed by atoms with E-state index in [-0.39, 0.29) is 0 Å². The van der Waals surface area contributed by atoms with Gasteiger partial charge >= 0.3 is 0 Å². The average Bonchev–Trinajstić information content (AvgIpc) is 1.39. The summed E-state index contributed by atoms with van der Waals surface area (Å²) in [5, 5.41) is 0. The molecular formula is CH7N3S2. The molecular weight excluding hydrogens is 118 g/mol. The van der Waals surface area contributed by atoms with Crippen molar-refractivity contribution < 1.29 is 0 Å². The van der Waals surface area contributed by atoms with Crippen molar-refractivity contribution in [2.45, 2.75) is 0 Å². The summed E-state index contributed by atoms with van der Waals surface area (Å²) in [7, 11) is 0. The number of rotatable bonds is 0. The predicted octanol–water partition coefficient (Wildman–Crippen LogP) is -0.803. The van der Waals surface area contributed by atoms with Crippen LogP contribution < -0.4 is 17.2 Å². The Balaban J connectivity index is 0. The zero-order valence-corrected chi connectivity index (χ0v) is 4.80. The van der Waals surface area contributed by atoms with Crippen LogP contribution in [0.25, 0.3) is 0 Å². The van der Waals surface area contributed by atoms with Crippen LogP contribution >= 0.6 is 24.8 Å². The summed E-state index contributed by atoms with van der Waals surface area (Å²) in [6.45, 7) is 0. The summed E-state index contributed by atoms with van der Waals surface area (Å²) in [4.78, 5) is 0. The first-order valence-electron chi connectivity index (χ1n) is 1.07. The van der Waals surface area contributed by atoms with Crippen molar-refractivity contribution in [2.24, 2.45) is 11.7 Å². The lowest BCUT2D eigenvalue weighted by atomic mass is 11.9. The summed E-state index contributed by atoms with van der Waals surface area (Å²) in [6, 6.07) is 0. The van der Waals surface area contributed by atoms with Crippen molar-refractivity contribution >= 4 is 29.5 Å². The van der Waals surface area contributed by atoms with Crippen molar-refractivity contribution in [3.05, 3.63) is 0 Å². The first kappa shape index (κ1) is 9.58. The number of hydrogen-bond acceptors (Lipinski definition) is 4. The molecule has 0 radical (unpaired) electrons. The minimum Gasteiger partial charge on any atom is -0.258 e. The first-order valence-corrected chi connectivity index (χ1v) is 2.06. The second-order valence-corrected chi connectivity index (χ2v) is 1.12. The number of thiol groups is 1. The van der Waals surface area contributed by atoms with E-state index >= 15 is 0 Å². The summed E-state index contributed by atoms with van der Waals surface area (Å²) in [5.74, 6) is 8.75. The summed E-state index contributed by atoms with van der Waals surface area (Å²) >= 11 is 7.61. The molecule has 0 spiro atoms. The van der Waals surface area contributed by atoms with Crippen molar-refractivity contribution in [3.8, 4) is 0 Å². The van der Waals surface area contributed by atoms with Gasteiger partial charge in [0, 0.05) is 4.70 Å². The van der Waals surface area contributed by atoms with Crippen LogP contribution in [0.15, 0.2) is 0 Å². The van der Waals surface area contributed by atoms with Gasteiger partial charge in [-0.1, -0.05) is 12.2 Å². The molecule has 0 aromatic rings. The van der Waals surface area contributed by atoms with Crippen LogP contribution in [0.4, 0.5) is 0 Å². The normalized spacial score (nSPS) is 5.17. The van der Waals surface area contributed by atoms with E-state index in [0.29, 0.717) is 0 Å². The lowest BCUT2D eigenvalue weighted by Gasteiger charge is -1.64. The van der Waals surface area contributed by atoms with E-state index in [2.05, 4.69) is 36.5 Å². The molecule has 0 fully saturated rings. The van der Waals surface area contributed by atoms with Crippen molar-refractivity contribution in [1.29, 1.82) is 0 Å². The fourth-order valence-electron chi connectivity index (χ4n) is 0. The third kappa shape index (κ3) is 465. The number of nitrogens with two attached hydrogens (primary N) is 2. The van der Waals surface area contributed by atoms with E-state index in [1.807, 2.05) is 0 Å². The minimum absolute atomic E-state index is 1.28. The Kier molecular flexibility index (Phi) is 29.5. The third-order valence-electron chi connectivity index (χ3n) is 0. The summed E-state index contributed by atoms with van der Waals surface area (Å²) < 4.78 is 1.28. The summed E-state index contributed by atoms with van der Waals surface area (Å²) in [5.41, 5.74) is 1.75. The van der Waals surface area contributed by atoms with Crippen molar-refractivity contribution in [3.63, 3.8) is 0 Å². The lowest BCUT2D eigenvalue weighted by Crippen LogP contribution is -2.29. The zero-order valence-electron chi connectivity index (χ0n) is 3.09. The van der Waals surface area contributed by atoms with Gasteiger partial charge in [-0.05, 0) is 0 Å². The summed E-state index contributed by atoms with van der Waals surface area (Å²) in [6.07, 6.45) is 0. The number of thiocarbonyl (C=S) groups is 1. The second kappa shape index (κ2) is 18.4. The topological polar surface area (TPSA) is 64.1 Å². The van der Waals surface area contributed by atoms with Gasteiger partial charge in [0.25, 0.3) is 0 Å². The molecule has 0 atom stereocenters. The molecule has 5 heteroatoms. The van der Waals surface area contributed by atoms with Gasteiger partial charge in [-0.25, -0.2) is 0 Å². The molecule has 5 N–H and O–H groups in total. The SMILES string of the molecule is NNN.S=CS. The second-order valence-electron chi connectivity index (χ2n) is 0.272. The quantitative estimate of drug-likeness (QED) is 0.148. The maximum absolute atomic E-state index is 4.38. The Hall–Kier alpha value is 0.320. The first-order chi connectivity index (χ1) is 2.83. The van der Waals surface area contributed by atoms with E-state index in [4.69, 9.17) is 0 Å². The molecule has 0 heterocycles. The molecule has 0 rings (SSSR count). The molecule has 0 amide bonds. The van der Waals surface area contributed by atoms with Crippen LogP contribution in [-0.2, 0) is 0 Å². The molecule has 0 aliphatic carbocycles. The van der Waals surface area contributed by atoms with E-state index in [1.54, 1.807) is 5.53 Å². The van der Waals surface area contributed by atoms with Gasteiger partial charge < -0.3 is 0 Å². The van der Waals surface area contributed by atoms with Crippen LogP contribution in [0.5, 0.6) is 0 Å². The monoisotopic (exact) mass is 125 g/mol. The molecule has 0 bridgehead atoms. The van der Waals surface area contributed by atoms with Gasteiger partial charge in [0.1, 0.15) is 0 Å². The zero-order chi connectivity index (χ0) is 5.41. The molecule has 0 aliphatic heterocycles. The van der Waals surface area contributed by atoms with Gasteiger partial charge in [-0.15, -0.1) is 12.6 Å². The smallest absolute Gasteiger partial charge is 0.0310 e. The van der Waals surface area contributed by atoms with Gasteiger partial charge in [-0.3, -0.25) is 11.7 Å². The van der Waals surface area contributed by atoms with Crippen molar-refractivity contribution in [1.82, 2.24) is 5.53 Å². The molecule has 0 unspecified atom stereocenters.